The number of nitrogens with one attached hydrogen (secondary N) is 1. The second-order valence-electron chi connectivity index (χ2n) is 26.1. The number of carbonyl (C=O) groups excluding carboxylic acids is 5. The number of carbonyl (C=O) groups is 5. The van der Waals surface area contributed by atoms with Crippen molar-refractivity contribution < 1.29 is 66.0 Å². The highest BCUT2D eigenvalue weighted by molar-refractivity contribution is 6.74. The fraction of sp³-hybridized carbons (Fsp3) is 0.689. The van der Waals surface area contributed by atoms with Crippen molar-refractivity contribution in [1.82, 2.24) is 5.32 Å². The molecule has 440 valence electrons. The summed E-state index contributed by atoms with van der Waals surface area (Å²) in [5.74, 6) is -3.94. The van der Waals surface area contributed by atoms with E-state index in [-0.39, 0.29) is 30.8 Å². The molecular weight excluding hydrogens is 1050 g/mol. The third-order valence-corrected chi connectivity index (χ3v) is 33.1. The van der Waals surface area contributed by atoms with Crippen molar-refractivity contribution in [2.75, 3.05) is 6.61 Å². The second-order valence-corrected chi connectivity index (χ2v) is 40.3. The second kappa shape index (κ2) is 23.7. The first-order chi connectivity index (χ1) is 36.7. The molecule has 11 atom stereocenters. The van der Waals surface area contributed by atoms with Crippen molar-refractivity contribution in [2.45, 2.75) is 244 Å². The van der Waals surface area contributed by atoms with Gasteiger partial charge < -0.3 is 47.4 Å². The number of hydrogen-bond acceptors (Lipinski definition) is 14. The summed E-state index contributed by atoms with van der Waals surface area (Å²) in [6.07, 6.45) is -8.40. The van der Waals surface area contributed by atoms with Gasteiger partial charge in [-0.2, -0.15) is 0 Å². The molecule has 2 N–H and O–H groups in total. The third kappa shape index (κ3) is 12.1. The fourth-order valence-corrected chi connectivity index (χ4v) is 19.8. The summed E-state index contributed by atoms with van der Waals surface area (Å²) in [4.78, 5) is 75.9. The van der Waals surface area contributed by atoms with Crippen LogP contribution < -0.4 is 5.32 Å². The van der Waals surface area contributed by atoms with Gasteiger partial charge in [0.15, 0.2) is 42.4 Å². The molecule has 2 aromatic carbocycles. The maximum atomic E-state index is 17.2. The maximum absolute atomic E-state index is 17.2. The zero-order chi connectivity index (χ0) is 59.1. The number of fused-ring (bicyclic) bond motifs is 5. The Hall–Kier alpha value is -4.02. The van der Waals surface area contributed by atoms with E-state index in [9.17, 15) is 14.7 Å². The van der Waals surface area contributed by atoms with E-state index >= 15 is 14.4 Å². The van der Waals surface area contributed by atoms with E-state index < -0.39 is 130 Å². The Kier molecular flexibility index (Phi) is 19.2. The zero-order valence-corrected chi connectivity index (χ0v) is 54.0. The molecule has 0 unspecified atom stereocenters. The molecule has 6 rings (SSSR count). The molecule has 1 saturated heterocycles. The largest absolute Gasteiger partial charge is 0.456 e. The van der Waals surface area contributed by atoms with Crippen LogP contribution in [-0.2, 0) is 51.3 Å². The van der Waals surface area contributed by atoms with Gasteiger partial charge in [-0.05, 0) is 118 Å². The van der Waals surface area contributed by atoms with Gasteiger partial charge in [-0.1, -0.05) is 125 Å². The Morgan fingerprint density at radius 3 is 1.81 bits per heavy atom. The van der Waals surface area contributed by atoms with Gasteiger partial charge in [0.25, 0.3) is 0 Å². The highest BCUT2D eigenvalue weighted by Gasteiger charge is 2.79. The lowest BCUT2D eigenvalue weighted by Crippen LogP contribution is -2.82. The lowest BCUT2D eigenvalue weighted by Gasteiger charge is -2.68. The predicted molar refractivity (Wildman–Crippen MR) is 312 cm³/mol. The molecular formula is C61H95NO14Si3. The third-order valence-electron chi connectivity index (χ3n) is 19.3. The average Bonchev–Trinajstić information content (AvgIpc) is 3.57. The smallest absolute Gasteiger partial charge is 0.408 e. The van der Waals surface area contributed by atoms with Gasteiger partial charge in [-0.25, -0.2) is 14.4 Å². The minimum atomic E-state index is -2.93. The molecule has 2 saturated carbocycles. The van der Waals surface area contributed by atoms with Crippen LogP contribution in [0.4, 0.5) is 4.79 Å². The number of ether oxygens (including phenoxy) is 5. The summed E-state index contributed by atoms with van der Waals surface area (Å²) in [5.41, 5.74) is -6.27. The van der Waals surface area contributed by atoms with Gasteiger partial charge in [0, 0.05) is 25.2 Å². The minimum absolute atomic E-state index is 0.160. The Morgan fingerprint density at radius 1 is 0.797 bits per heavy atom. The molecule has 4 aliphatic rings. The maximum Gasteiger partial charge on any atom is 0.408 e. The molecule has 1 heterocycles. The number of amides is 1. The number of rotatable bonds is 20. The van der Waals surface area contributed by atoms with E-state index in [0.717, 1.165) is 18.1 Å². The standard InChI is InChI=1S/C61H95NO14Si3/c1-20-78(21-2,22-3)74-44-36-45-60(38-69-45,72-40(8)63)50-52(71-53(65)42-34-30-27-31-35-42)61(68)37-43(39(7)46(58(61,15)16)48(51(64)59(44,50)17)76-79(23-4,24-5)25-6)70-54(66)49(75-77(18,19)57(12,13)14)47(41-32-28-26-29-33-41)62-55(67)73-56(9,10)11/h26-35,43-45,47-50,52,68H,20-25,36-38H2,1-19H3,(H,62,67)/t43-,44-,45+,47-,48+,49+,50-,52-,59+,60-,61+/m0/s1. The predicted octanol–water partition coefficient (Wildman–Crippen LogP) is 12.3. The molecule has 0 aromatic heterocycles. The first-order valence-corrected chi connectivity index (χ1v) is 37.0. The zero-order valence-electron chi connectivity index (χ0n) is 51.0. The van der Waals surface area contributed by atoms with E-state index in [1.807, 2.05) is 67.6 Å². The quantitative estimate of drug-likeness (QED) is 0.0551. The molecule has 15 nitrogen and oxygen atoms in total. The summed E-state index contributed by atoms with van der Waals surface area (Å²) in [6, 6.07) is 20.6. The van der Waals surface area contributed by atoms with E-state index in [1.165, 1.54) is 6.92 Å². The number of alkyl carbamates (subject to hydrolysis) is 1. The van der Waals surface area contributed by atoms with E-state index in [1.54, 1.807) is 75.4 Å². The molecule has 2 aromatic rings. The minimum Gasteiger partial charge on any atom is -0.456 e. The fourth-order valence-electron chi connectivity index (χ4n) is 12.9. The van der Waals surface area contributed by atoms with Crippen LogP contribution in [0.25, 0.3) is 0 Å². The Bertz CT molecular complexity index is 2540. The number of ketones is 1. The number of aliphatic hydroxyl groups is 1. The van der Waals surface area contributed by atoms with Gasteiger partial charge in [-0.15, -0.1) is 0 Å². The number of benzene rings is 2. The molecule has 2 bridgehead atoms. The van der Waals surface area contributed by atoms with E-state index in [2.05, 4.69) is 46.9 Å². The summed E-state index contributed by atoms with van der Waals surface area (Å²) >= 11 is 0. The van der Waals surface area contributed by atoms with Crippen LogP contribution in [0.1, 0.15) is 153 Å². The van der Waals surface area contributed by atoms with Crippen molar-refractivity contribution in [3.8, 4) is 0 Å². The lowest BCUT2D eigenvalue weighted by molar-refractivity contribution is -0.344. The first kappa shape index (κ1) is 64.2. The van der Waals surface area contributed by atoms with E-state index in [4.69, 9.17) is 37.0 Å². The summed E-state index contributed by atoms with van der Waals surface area (Å²) in [7, 11) is -8.37. The molecule has 1 amide bonds. The van der Waals surface area contributed by atoms with Gasteiger partial charge in [-0.3, -0.25) is 9.59 Å². The van der Waals surface area contributed by atoms with Crippen LogP contribution in [0, 0.1) is 16.7 Å². The van der Waals surface area contributed by atoms with Crippen LogP contribution in [0.15, 0.2) is 71.8 Å². The molecule has 1 aliphatic heterocycles. The van der Waals surface area contributed by atoms with Crippen LogP contribution >= 0.6 is 0 Å². The summed E-state index contributed by atoms with van der Waals surface area (Å²) in [5, 5.41) is 17.3. The van der Waals surface area contributed by atoms with Crippen molar-refractivity contribution >= 4 is 54.7 Å². The Balaban J connectivity index is 1.71. The van der Waals surface area contributed by atoms with Crippen molar-refractivity contribution in [1.29, 1.82) is 0 Å². The van der Waals surface area contributed by atoms with Crippen LogP contribution in [0.5, 0.6) is 0 Å². The molecule has 18 heteroatoms. The highest BCUT2D eigenvalue weighted by atomic mass is 28.4. The Morgan fingerprint density at radius 2 is 1.33 bits per heavy atom. The SMILES string of the molecule is CC[Si](CC)(CC)O[C@H]1C(=O)[C@]2(C)[C@@H](O[Si](CC)(CC)CC)C[C@H]3OC[C@@]3(OC(C)=O)[C@H]2[C@H](OC(=O)c2ccccc2)[C@]2(O)C[C@H](OC(=O)[C@H](O[Si](C)(C)C(C)(C)C)[C@@H](NC(=O)OC(C)(C)C)c3ccccc3)C(C)=C1C2(C)C. The lowest BCUT2D eigenvalue weighted by atomic mass is 9.44. The van der Waals surface area contributed by atoms with E-state index in [0.29, 0.717) is 34.8 Å². The van der Waals surface area contributed by atoms with Crippen molar-refractivity contribution in [2.24, 2.45) is 16.7 Å². The van der Waals surface area contributed by atoms with Gasteiger partial charge in [0.1, 0.15) is 35.6 Å². The van der Waals surface area contributed by atoms with Crippen LogP contribution in [0.3, 0.4) is 0 Å². The van der Waals surface area contributed by atoms with Crippen LogP contribution in [-0.4, -0.2) is 120 Å². The molecule has 79 heavy (non-hydrogen) atoms. The number of Topliss-reactive ketones (excluding diaryl/α,β-unsaturated/α-hetero) is 1. The monoisotopic (exact) mass is 1150 g/mol. The van der Waals surface area contributed by atoms with Gasteiger partial charge >= 0.3 is 24.0 Å². The Labute approximate surface area is 474 Å². The molecule has 0 radical (unpaired) electrons. The first-order valence-electron chi connectivity index (χ1n) is 29.0. The average molecular weight is 1150 g/mol. The van der Waals surface area contributed by atoms with Crippen molar-refractivity contribution in [3.05, 3.63) is 82.9 Å². The molecule has 3 fully saturated rings. The number of esters is 3. The molecule has 0 spiro atoms. The van der Waals surface area contributed by atoms with Gasteiger partial charge in [0.05, 0.1) is 35.6 Å². The molecule has 3 aliphatic carbocycles. The summed E-state index contributed by atoms with van der Waals surface area (Å²) < 4.78 is 55.0. The van der Waals surface area contributed by atoms with Gasteiger partial charge in [0.2, 0.25) is 0 Å². The highest BCUT2D eigenvalue weighted by Crippen LogP contribution is 2.65. The van der Waals surface area contributed by atoms with Crippen LogP contribution in [0.2, 0.25) is 54.4 Å². The summed E-state index contributed by atoms with van der Waals surface area (Å²) in [6.45, 7) is 36.5. The normalized spacial score (nSPS) is 28.8. The topological polar surface area (TPSA) is 191 Å². The number of hydrogen-bond donors (Lipinski definition) is 2. The van der Waals surface area contributed by atoms with Crippen molar-refractivity contribution in [3.63, 3.8) is 0 Å².